The van der Waals surface area contributed by atoms with Crippen molar-refractivity contribution in [3.8, 4) is 0 Å². The molecular weight excluding hydrogens is 260 g/mol. The number of carbonyl (C=O) groups is 1. The number of amides is 1. The van der Waals surface area contributed by atoms with Gasteiger partial charge in [0, 0.05) is 31.0 Å². The Morgan fingerprint density at radius 3 is 2.14 bits per heavy atom. The molecule has 1 atom stereocenters. The van der Waals surface area contributed by atoms with Gasteiger partial charge in [-0.3, -0.25) is 4.79 Å². The molecule has 3 nitrogen and oxygen atoms in total. The third kappa shape index (κ3) is 4.25. The molecule has 0 aromatic carbocycles. The van der Waals surface area contributed by atoms with Gasteiger partial charge in [-0.2, -0.15) is 0 Å². The van der Waals surface area contributed by atoms with Crippen LogP contribution in [0.25, 0.3) is 0 Å². The van der Waals surface area contributed by atoms with Gasteiger partial charge in [0.25, 0.3) is 0 Å². The van der Waals surface area contributed by atoms with Crippen LogP contribution in [-0.4, -0.2) is 29.4 Å². The molecule has 1 N–H and O–H groups in total. The van der Waals surface area contributed by atoms with E-state index in [-0.39, 0.29) is 16.9 Å². The standard InChI is InChI=1S/C18H30N2O/c1-8-16(19-17(4,5)6)18(7,9-2)15-10-12-20(13-11-15)14(3)21/h9,15,19H,1-2,10-13H2,3-7H3. The summed E-state index contributed by atoms with van der Waals surface area (Å²) < 4.78 is 0. The van der Waals surface area contributed by atoms with Gasteiger partial charge in [-0.25, -0.2) is 0 Å². The number of nitrogens with one attached hydrogen (secondary N) is 1. The summed E-state index contributed by atoms with van der Waals surface area (Å²) >= 11 is 0. The van der Waals surface area contributed by atoms with Gasteiger partial charge < -0.3 is 10.2 Å². The number of piperidine rings is 1. The molecule has 1 fully saturated rings. The first-order valence-electron chi connectivity index (χ1n) is 7.72. The SMILES string of the molecule is C=C=C(NC(C)(C)C)C(C)(C=C)C1CCN(C(C)=O)CC1. The van der Waals surface area contributed by atoms with Gasteiger partial charge in [0.15, 0.2) is 0 Å². The second kappa shape index (κ2) is 6.53. The Hall–Kier alpha value is -1.47. The van der Waals surface area contributed by atoms with Crippen molar-refractivity contribution in [1.29, 1.82) is 0 Å². The first kappa shape index (κ1) is 17.6. The number of carbonyl (C=O) groups excluding carboxylic acids is 1. The normalized spacial score (nSPS) is 19.4. The topological polar surface area (TPSA) is 32.3 Å². The molecule has 0 saturated carbocycles. The van der Waals surface area contributed by atoms with Crippen LogP contribution in [0.3, 0.4) is 0 Å². The van der Waals surface area contributed by atoms with Gasteiger partial charge in [0.05, 0.1) is 5.70 Å². The second-order valence-electron chi connectivity index (χ2n) is 7.19. The summed E-state index contributed by atoms with van der Waals surface area (Å²) in [7, 11) is 0. The zero-order chi connectivity index (χ0) is 16.3. The molecule has 1 saturated heterocycles. The minimum atomic E-state index is -0.183. The maximum Gasteiger partial charge on any atom is 0.219 e. The van der Waals surface area contributed by atoms with E-state index in [2.05, 4.69) is 51.9 Å². The Morgan fingerprint density at radius 1 is 1.29 bits per heavy atom. The van der Waals surface area contributed by atoms with E-state index in [4.69, 9.17) is 0 Å². The first-order valence-corrected chi connectivity index (χ1v) is 7.72. The average molecular weight is 290 g/mol. The third-order valence-electron chi connectivity index (χ3n) is 4.43. The van der Waals surface area contributed by atoms with Gasteiger partial charge in [0.2, 0.25) is 5.91 Å². The number of allylic oxidation sites excluding steroid dienone is 1. The summed E-state index contributed by atoms with van der Waals surface area (Å²) in [5, 5.41) is 3.52. The first-order chi connectivity index (χ1) is 9.64. The molecule has 0 radical (unpaired) electrons. The van der Waals surface area contributed by atoms with Crippen LogP contribution in [0.1, 0.15) is 47.5 Å². The molecule has 1 aliphatic rings. The van der Waals surface area contributed by atoms with Gasteiger partial charge in [-0.1, -0.05) is 12.7 Å². The Balaban J connectivity index is 2.92. The summed E-state index contributed by atoms with van der Waals surface area (Å²) in [4.78, 5) is 13.4. The van der Waals surface area contributed by atoms with Crippen LogP contribution in [0.5, 0.6) is 0 Å². The van der Waals surface area contributed by atoms with Crippen molar-refractivity contribution < 1.29 is 4.79 Å². The maximum absolute atomic E-state index is 11.5. The molecule has 1 unspecified atom stereocenters. The predicted octanol–water partition coefficient (Wildman–Crippen LogP) is 3.49. The molecule has 1 rings (SSSR count). The van der Waals surface area contributed by atoms with E-state index in [1.807, 2.05) is 11.0 Å². The molecule has 1 heterocycles. The van der Waals surface area contributed by atoms with Gasteiger partial charge >= 0.3 is 0 Å². The van der Waals surface area contributed by atoms with Crippen molar-refractivity contribution in [3.05, 3.63) is 30.7 Å². The summed E-state index contributed by atoms with van der Waals surface area (Å²) in [6.07, 6.45) is 3.98. The summed E-state index contributed by atoms with van der Waals surface area (Å²) in [5.41, 5.74) is 3.87. The Kier molecular flexibility index (Phi) is 5.47. The highest BCUT2D eigenvalue weighted by Crippen LogP contribution is 2.41. The molecule has 118 valence electrons. The Bertz CT molecular complexity index is 446. The Labute approximate surface area is 129 Å². The maximum atomic E-state index is 11.5. The van der Waals surface area contributed by atoms with E-state index in [1.54, 1.807) is 6.92 Å². The largest absolute Gasteiger partial charge is 0.377 e. The number of hydrogen-bond donors (Lipinski definition) is 1. The zero-order valence-electron chi connectivity index (χ0n) is 14.3. The number of likely N-dealkylation sites (tertiary alicyclic amines) is 1. The number of nitrogens with zero attached hydrogens (tertiary/aromatic N) is 1. The van der Waals surface area contributed by atoms with E-state index < -0.39 is 0 Å². The van der Waals surface area contributed by atoms with Crippen molar-refractivity contribution in [2.75, 3.05) is 13.1 Å². The van der Waals surface area contributed by atoms with Crippen molar-refractivity contribution in [3.63, 3.8) is 0 Å². The average Bonchev–Trinajstić information content (AvgIpc) is 2.43. The predicted molar refractivity (Wildman–Crippen MR) is 88.8 cm³/mol. The van der Waals surface area contributed by atoms with Crippen LogP contribution in [-0.2, 0) is 4.79 Å². The highest BCUT2D eigenvalue weighted by Gasteiger charge is 2.38. The fourth-order valence-electron chi connectivity index (χ4n) is 3.01. The highest BCUT2D eigenvalue weighted by molar-refractivity contribution is 5.73. The molecule has 3 heteroatoms. The fourth-order valence-corrected chi connectivity index (χ4v) is 3.01. The molecule has 21 heavy (non-hydrogen) atoms. The molecule has 0 spiro atoms. The molecule has 0 bridgehead atoms. The lowest BCUT2D eigenvalue weighted by Crippen LogP contribution is -2.46. The minimum absolute atomic E-state index is 0.0373. The molecule has 0 aromatic heterocycles. The van der Waals surface area contributed by atoms with Crippen molar-refractivity contribution in [2.24, 2.45) is 11.3 Å². The molecule has 1 amide bonds. The van der Waals surface area contributed by atoms with E-state index in [0.29, 0.717) is 5.92 Å². The molecule has 0 aromatic rings. The monoisotopic (exact) mass is 290 g/mol. The third-order valence-corrected chi connectivity index (χ3v) is 4.43. The zero-order valence-corrected chi connectivity index (χ0v) is 14.3. The van der Waals surface area contributed by atoms with Crippen LogP contribution in [0.4, 0.5) is 0 Å². The van der Waals surface area contributed by atoms with Gasteiger partial charge in [-0.05, 0) is 46.5 Å². The lowest BCUT2D eigenvalue weighted by atomic mass is 9.70. The minimum Gasteiger partial charge on any atom is -0.377 e. The van der Waals surface area contributed by atoms with E-state index in [0.717, 1.165) is 31.6 Å². The smallest absolute Gasteiger partial charge is 0.219 e. The van der Waals surface area contributed by atoms with Gasteiger partial charge in [0.1, 0.15) is 0 Å². The molecule has 1 aliphatic heterocycles. The molecular formula is C18H30N2O. The lowest BCUT2D eigenvalue weighted by molar-refractivity contribution is -0.130. The van der Waals surface area contributed by atoms with Crippen LogP contribution >= 0.6 is 0 Å². The van der Waals surface area contributed by atoms with Crippen molar-refractivity contribution in [2.45, 2.75) is 53.0 Å². The van der Waals surface area contributed by atoms with Crippen LogP contribution < -0.4 is 5.32 Å². The van der Waals surface area contributed by atoms with Crippen LogP contribution in [0.2, 0.25) is 0 Å². The van der Waals surface area contributed by atoms with Crippen molar-refractivity contribution >= 4 is 5.91 Å². The van der Waals surface area contributed by atoms with E-state index in [1.165, 1.54) is 0 Å². The van der Waals surface area contributed by atoms with E-state index in [9.17, 15) is 4.79 Å². The fraction of sp³-hybridized carbons (Fsp3) is 0.667. The number of rotatable bonds is 4. The summed E-state index contributed by atoms with van der Waals surface area (Å²) in [6.45, 7) is 19.8. The highest BCUT2D eigenvalue weighted by atomic mass is 16.2. The van der Waals surface area contributed by atoms with Crippen LogP contribution in [0.15, 0.2) is 30.7 Å². The number of hydrogen-bond acceptors (Lipinski definition) is 2. The quantitative estimate of drug-likeness (QED) is 0.635. The van der Waals surface area contributed by atoms with E-state index >= 15 is 0 Å². The van der Waals surface area contributed by atoms with Crippen molar-refractivity contribution in [1.82, 2.24) is 10.2 Å². The summed E-state index contributed by atoms with van der Waals surface area (Å²) in [5.74, 6) is 0.616. The van der Waals surface area contributed by atoms with Gasteiger partial charge in [-0.15, -0.1) is 12.3 Å². The van der Waals surface area contributed by atoms with Crippen LogP contribution in [0, 0.1) is 11.3 Å². The summed E-state index contributed by atoms with van der Waals surface area (Å²) in [6, 6.07) is 0. The second-order valence-corrected chi connectivity index (χ2v) is 7.19. The molecule has 0 aliphatic carbocycles. The Morgan fingerprint density at radius 2 is 1.81 bits per heavy atom. The lowest BCUT2D eigenvalue weighted by Gasteiger charge is -2.43.